The summed E-state index contributed by atoms with van der Waals surface area (Å²) in [6.07, 6.45) is 0.942. The lowest BCUT2D eigenvalue weighted by molar-refractivity contribution is -0.138. The van der Waals surface area contributed by atoms with Crippen molar-refractivity contribution in [2.75, 3.05) is 13.2 Å². The summed E-state index contributed by atoms with van der Waals surface area (Å²) in [5.41, 5.74) is 0. The highest BCUT2D eigenvalue weighted by atomic mass is 31.2. The van der Waals surface area contributed by atoms with E-state index in [1.165, 1.54) is 0 Å². The van der Waals surface area contributed by atoms with Crippen LogP contribution in [0.2, 0.25) is 0 Å². The SMILES string of the molecule is C=CC(=O)OCCOP(=O)(O)O.O=P(O)(O)O. The second-order valence-electron chi connectivity index (χ2n) is 2.21. The smallest absolute Gasteiger partial charge is 0.460 e. The van der Waals surface area contributed by atoms with Gasteiger partial charge in [-0.15, -0.1) is 0 Å². The molecule has 0 aliphatic carbocycles. The molecule has 0 saturated carbocycles. The Bertz CT molecular complexity index is 317. The van der Waals surface area contributed by atoms with Crippen LogP contribution in [0.25, 0.3) is 0 Å². The fourth-order valence-corrected chi connectivity index (χ4v) is 0.670. The van der Waals surface area contributed by atoms with Gasteiger partial charge in [0.25, 0.3) is 0 Å². The molecule has 12 heteroatoms. The van der Waals surface area contributed by atoms with Gasteiger partial charge in [-0.1, -0.05) is 6.58 Å². The van der Waals surface area contributed by atoms with Gasteiger partial charge in [0.15, 0.2) is 0 Å². The lowest BCUT2D eigenvalue weighted by atomic mass is 10.6. The molecule has 0 radical (unpaired) electrons. The van der Waals surface area contributed by atoms with Gasteiger partial charge in [0.2, 0.25) is 0 Å². The number of hydrogen-bond donors (Lipinski definition) is 5. The van der Waals surface area contributed by atoms with Crippen LogP contribution < -0.4 is 0 Å². The summed E-state index contributed by atoms with van der Waals surface area (Å²) >= 11 is 0. The molecule has 0 fully saturated rings. The van der Waals surface area contributed by atoms with E-state index in [2.05, 4.69) is 15.8 Å². The van der Waals surface area contributed by atoms with Gasteiger partial charge in [-0.2, -0.15) is 0 Å². The molecule has 0 spiro atoms. The summed E-state index contributed by atoms with van der Waals surface area (Å²) in [7, 11) is -9.09. The van der Waals surface area contributed by atoms with Gasteiger partial charge >= 0.3 is 21.6 Å². The summed E-state index contributed by atoms with van der Waals surface area (Å²) in [5, 5.41) is 0. The van der Waals surface area contributed by atoms with Gasteiger partial charge < -0.3 is 29.2 Å². The molecule has 17 heavy (non-hydrogen) atoms. The van der Waals surface area contributed by atoms with Crippen LogP contribution in [0.15, 0.2) is 12.7 Å². The maximum atomic E-state index is 10.3. The summed E-state index contributed by atoms with van der Waals surface area (Å²) in [5.74, 6) is -0.663. The molecule has 0 heterocycles. The number of rotatable bonds is 5. The quantitative estimate of drug-likeness (QED) is 0.181. The topological polar surface area (TPSA) is 171 Å². The van der Waals surface area contributed by atoms with Crippen molar-refractivity contribution >= 4 is 21.6 Å². The Morgan fingerprint density at radius 3 is 1.82 bits per heavy atom. The van der Waals surface area contributed by atoms with Gasteiger partial charge in [0, 0.05) is 6.08 Å². The van der Waals surface area contributed by atoms with Crippen LogP contribution in [0.5, 0.6) is 0 Å². The second-order valence-corrected chi connectivity index (χ2v) is 4.47. The van der Waals surface area contributed by atoms with Crippen LogP contribution >= 0.6 is 15.6 Å². The Labute approximate surface area is 96.0 Å². The Morgan fingerprint density at radius 2 is 1.53 bits per heavy atom. The van der Waals surface area contributed by atoms with Crippen LogP contribution in [-0.2, 0) is 23.2 Å². The van der Waals surface area contributed by atoms with E-state index in [9.17, 15) is 9.36 Å². The average Bonchev–Trinajstić information content (AvgIpc) is 2.07. The second kappa shape index (κ2) is 8.51. The summed E-state index contributed by atoms with van der Waals surface area (Å²) in [4.78, 5) is 48.2. The lowest BCUT2D eigenvalue weighted by Gasteiger charge is -2.04. The molecular formula is C5H12O10P2. The molecule has 0 aromatic heterocycles. The van der Waals surface area contributed by atoms with Crippen molar-refractivity contribution in [3.8, 4) is 0 Å². The Morgan fingerprint density at radius 1 is 1.12 bits per heavy atom. The first-order chi connectivity index (χ1) is 7.45. The predicted octanol–water partition coefficient (Wildman–Crippen LogP) is -1.10. The van der Waals surface area contributed by atoms with E-state index in [1.54, 1.807) is 0 Å². The fraction of sp³-hybridized carbons (Fsp3) is 0.400. The predicted molar refractivity (Wildman–Crippen MR) is 53.4 cm³/mol. The van der Waals surface area contributed by atoms with Crippen LogP contribution in [0.4, 0.5) is 0 Å². The number of carbonyl (C=O) groups is 1. The van der Waals surface area contributed by atoms with E-state index in [4.69, 9.17) is 29.0 Å². The van der Waals surface area contributed by atoms with Crippen LogP contribution in [0, 0.1) is 0 Å². The average molecular weight is 294 g/mol. The zero-order chi connectivity index (χ0) is 14.1. The summed E-state index contributed by atoms with van der Waals surface area (Å²) in [6, 6.07) is 0. The molecule has 0 bridgehead atoms. The highest BCUT2D eigenvalue weighted by molar-refractivity contribution is 7.46. The molecule has 0 saturated heterocycles. The Hall–Kier alpha value is -0.570. The monoisotopic (exact) mass is 294 g/mol. The van der Waals surface area contributed by atoms with Crippen LogP contribution in [0.1, 0.15) is 0 Å². The minimum absolute atomic E-state index is 0.212. The van der Waals surface area contributed by atoms with E-state index in [-0.39, 0.29) is 13.2 Å². The van der Waals surface area contributed by atoms with E-state index >= 15 is 0 Å². The summed E-state index contributed by atoms with van der Waals surface area (Å²) in [6.45, 7) is 2.56. The number of esters is 1. The summed E-state index contributed by atoms with van der Waals surface area (Å²) < 4.78 is 27.3. The molecular weight excluding hydrogens is 282 g/mol. The zero-order valence-corrected chi connectivity index (χ0v) is 10.2. The number of hydrogen-bond acceptors (Lipinski definition) is 5. The molecule has 0 unspecified atom stereocenters. The normalized spacial score (nSPS) is 11.1. The number of phosphoric acid groups is 2. The molecule has 10 nitrogen and oxygen atoms in total. The van der Waals surface area contributed by atoms with Gasteiger partial charge in [-0.05, 0) is 0 Å². The first kappa shape index (κ1) is 18.8. The Balaban J connectivity index is 0. The van der Waals surface area contributed by atoms with Crippen molar-refractivity contribution in [1.82, 2.24) is 0 Å². The van der Waals surface area contributed by atoms with Crippen molar-refractivity contribution < 1.29 is 47.7 Å². The zero-order valence-electron chi connectivity index (χ0n) is 8.37. The van der Waals surface area contributed by atoms with Gasteiger partial charge in [-0.3, -0.25) is 4.52 Å². The van der Waals surface area contributed by atoms with Gasteiger partial charge in [-0.25, -0.2) is 13.9 Å². The number of carbonyl (C=O) groups excluding carboxylic acids is 1. The van der Waals surface area contributed by atoms with Gasteiger partial charge in [0.1, 0.15) is 6.61 Å². The van der Waals surface area contributed by atoms with Crippen molar-refractivity contribution in [3.63, 3.8) is 0 Å². The molecule has 0 amide bonds. The van der Waals surface area contributed by atoms with Crippen LogP contribution in [0.3, 0.4) is 0 Å². The minimum Gasteiger partial charge on any atom is -0.460 e. The maximum Gasteiger partial charge on any atom is 0.469 e. The van der Waals surface area contributed by atoms with E-state index < -0.39 is 21.6 Å². The first-order valence-electron chi connectivity index (χ1n) is 3.73. The molecule has 0 aliphatic heterocycles. The molecule has 5 N–H and O–H groups in total. The van der Waals surface area contributed by atoms with Gasteiger partial charge in [0.05, 0.1) is 6.61 Å². The van der Waals surface area contributed by atoms with Crippen molar-refractivity contribution in [1.29, 1.82) is 0 Å². The van der Waals surface area contributed by atoms with Crippen LogP contribution in [-0.4, -0.2) is 43.7 Å². The van der Waals surface area contributed by atoms with E-state index in [0.717, 1.165) is 6.08 Å². The highest BCUT2D eigenvalue weighted by Crippen LogP contribution is 2.35. The standard InChI is InChI=1S/C5H9O6P.H3O4P/c1-2-5(6)10-3-4-11-12(7,8)9;1-5(2,3)4/h2H,1,3-4H2,(H2,7,8,9);(H3,1,2,3,4). The first-order valence-corrected chi connectivity index (χ1v) is 6.83. The van der Waals surface area contributed by atoms with E-state index in [1.807, 2.05) is 0 Å². The third-order valence-electron chi connectivity index (χ3n) is 0.754. The molecule has 0 rings (SSSR count). The third-order valence-corrected chi connectivity index (χ3v) is 1.27. The van der Waals surface area contributed by atoms with Crippen molar-refractivity contribution in [3.05, 3.63) is 12.7 Å². The third kappa shape index (κ3) is 31.3. The van der Waals surface area contributed by atoms with Crippen molar-refractivity contribution in [2.24, 2.45) is 0 Å². The molecule has 0 aliphatic rings. The maximum absolute atomic E-state index is 10.3. The van der Waals surface area contributed by atoms with E-state index in [0.29, 0.717) is 0 Å². The molecule has 0 aromatic rings. The molecule has 0 aromatic carbocycles. The fourth-order valence-electron chi connectivity index (χ4n) is 0.357. The molecule has 102 valence electrons. The molecule has 0 atom stereocenters. The largest absolute Gasteiger partial charge is 0.469 e. The lowest BCUT2D eigenvalue weighted by Crippen LogP contribution is -2.07. The number of ether oxygens (including phenoxy) is 1. The minimum atomic E-state index is -4.64. The number of phosphoric ester groups is 1. The highest BCUT2D eigenvalue weighted by Gasteiger charge is 2.12. The van der Waals surface area contributed by atoms with Crippen molar-refractivity contribution in [2.45, 2.75) is 0 Å². The Kier molecular flexibility index (Phi) is 9.40.